The molecule has 2 amide bonds. The van der Waals surface area contributed by atoms with Gasteiger partial charge in [0.15, 0.2) is 0 Å². The van der Waals surface area contributed by atoms with Crippen molar-refractivity contribution >= 4 is 22.7 Å². The van der Waals surface area contributed by atoms with Crippen LogP contribution in [0.15, 0.2) is 78.9 Å². The van der Waals surface area contributed by atoms with Gasteiger partial charge in [-0.1, -0.05) is 66.2 Å². The monoisotopic (exact) mass is 493 g/mol. The summed E-state index contributed by atoms with van der Waals surface area (Å²) in [5.41, 5.74) is 5.24. The maximum atomic E-state index is 13.5. The van der Waals surface area contributed by atoms with Crippen LogP contribution < -0.4 is 10.1 Å². The van der Waals surface area contributed by atoms with Crippen LogP contribution in [0, 0.1) is 6.92 Å². The molecule has 6 heteroatoms. The molecule has 1 N–H and O–H groups in total. The summed E-state index contributed by atoms with van der Waals surface area (Å²) in [6.45, 7) is 3.28. The molecular weight excluding hydrogens is 462 g/mol. The number of hydrogen-bond acceptors (Lipinski definition) is 4. The SMILES string of the molecule is COc1ccccc1CC(=O)N1CCC(NC(=O)c2cc(-c3ccc(C)cc3)nc3ccccc23)CC1. The van der Waals surface area contributed by atoms with E-state index in [1.807, 2.05) is 78.6 Å². The highest BCUT2D eigenvalue weighted by atomic mass is 16.5. The van der Waals surface area contributed by atoms with Crippen molar-refractivity contribution in [1.82, 2.24) is 15.2 Å². The highest BCUT2D eigenvalue weighted by Gasteiger charge is 2.25. The van der Waals surface area contributed by atoms with E-state index >= 15 is 0 Å². The Bertz CT molecular complexity index is 1420. The summed E-state index contributed by atoms with van der Waals surface area (Å²) in [6, 6.07) is 25.4. The van der Waals surface area contributed by atoms with Crippen LogP contribution in [0.4, 0.5) is 0 Å². The number of nitrogens with zero attached hydrogens (tertiary/aromatic N) is 2. The smallest absolute Gasteiger partial charge is 0.252 e. The van der Waals surface area contributed by atoms with Crippen LogP contribution in [-0.2, 0) is 11.2 Å². The number of nitrogens with one attached hydrogen (secondary N) is 1. The third-order valence-electron chi connectivity index (χ3n) is 7.03. The summed E-state index contributed by atoms with van der Waals surface area (Å²) in [5.74, 6) is 0.704. The van der Waals surface area contributed by atoms with Gasteiger partial charge >= 0.3 is 0 Å². The normalized spacial score (nSPS) is 13.9. The largest absolute Gasteiger partial charge is 0.496 e. The van der Waals surface area contributed by atoms with E-state index in [9.17, 15) is 9.59 Å². The molecule has 37 heavy (non-hydrogen) atoms. The van der Waals surface area contributed by atoms with Gasteiger partial charge in [0.1, 0.15) is 5.75 Å². The third-order valence-corrected chi connectivity index (χ3v) is 7.03. The second-order valence-corrected chi connectivity index (χ2v) is 9.56. The molecule has 0 bridgehead atoms. The van der Waals surface area contributed by atoms with E-state index in [2.05, 4.69) is 17.4 Å². The maximum Gasteiger partial charge on any atom is 0.252 e. The summed E-state index contributed by atoms with van der Waals surface area (Å²) in [7, 11) is 1.62. The quantitative estimate of drug-likeness (QED) is 0.402. The number of pyridine rings is 1. The predicted octanol–water partition coefficient (Wildman–Crippen LogP) is 5.18. The van der Waals surface area contributed by atoms with Crippen LogP contribution in [0.2, 0.25) is 0 Å². The highest BCUT2D eigenvalue weighted by molar-refractivity contribution is 6.07. The number of aromatic nitrogens is 1. The number of carbonyl (C=O) groups is 2. The molecule has 1 saturated heterocycles. The molecule has 0 saturated carbocycles. The van der Waals surface area contributed by atoms with Gasteiger partial charge in [0.25, 0.3) is 5.91 Å². The number of benzene rings is 3. The lowest BCUT2D eigenvalue weighted by Crippen LogP contribution is -2.47. The summed E-state index contributed by atoms with van der Waals surface area (Å²) in [5, 5.41) is 4.05. The lowest BCUT2D eigenvalue weighted by molar-refractivity contribution is -0.131. The van der Waals surface area contributed by atoms with Crippen molar-refractivity contribution in [3.63, 3.8) is 0 Å². The van der Waals surface area contributed by atoms with Gasteiger partial charge in [-0.05, 0) is 38.0 Å². The standard InChI is InChI=1S/C31H31N3O3/c1-21-11-13-22(14-12-21)28-20-26(25-8-4-5-9-27(25)33-28)31(36)32-24-15-17-34(18-16-24)30(35)19-23-7-3-6-10-29(23)37-2/h3-14,20,24H,15-19H2,1-2H3,(H,32,36). The number of rotatable bonds is 6. The van der Waals surface area contributed by atoms with Gasteiger partial charge in [0.05, 0.1) is 30.3 Å². The van der Waals surface area contributed by atoms with Crippen LogP contribution in [0.1, 0.15) is 34.3 Å². The lowest BCUT2D eigenvalue weighted by atomic mass is 10.0. The third kappa shape index (κ3) is 5.48. The zero-order valence-corrected chi connectivity index (χ0v) is 21.2. The number of para-hydroxylation sites is 2. The van der Waals surface area contributed by atoms with Crippen molar-refractivity contribution < 1.29 is 14.3 Å². The first kappa shape index (κ1) is 24.5. The summed E-state index contributed by atoms with van der Waals surface area (Å²) in [6.07, 6.45) is 1.75. The molecule has 3 aromatic carbocycles. The lowest BCUT2D eigenvalue weighted by Gasteiger charge is -2.32. The highest BCUT2D eigenvalue weighted by Crippen LogP contribution is 2.26. The first-order valence-electron chi connectivity index (χ1n) is 12.7. The van der Waals surface area contributed by atoms with Crippen LogP contribution in [-0.4, -0.2) is 47.9 Å². The van der Waals surface area contributed by atoms with E-state index in [0.29, 0.717) is 25.1 Å². The number of piperidine rings is 1. The fourth-order valence-corrected chi connectivity index (χ4v) is 4.90. The number of aryl methyl sites for hydroxylation is 1. The molecule has 0 radical (unpaired) electrons. The van der Waals surface area contributed by atoms with Crippen LogP contribution in [0.25, 0.3) is 22.2 Å². The maximum absolute atomic E-state index is 13.5. The van der Waals surface area contributed by atoms with Gasteiger partial charge in [-0.2, -0.15) is 0 Å². The molecule has 5 rings (SSSR count). The number of ether oxygens (including phenoxy) is 1. The van der Waals surface area contributed by atoms with Crippen molar-refractivity contribution in [3.8, 4) is 17.0 Å². The Morgan fingerprint density at radius 2 is 1.68 bits per heavy atom. The Morgan fingerprint density at radius 3 is 2.43 bits per heavy atom. The van der Waals surface area contributed by atoms with Crippen molar-refractivity contribution in [2.75, 3.05) is 20.2 Å². The van der Waals surface area contributed by atoms with Crippen LogP contribution >= 0.6 is 0 Å². The fourth-order valence-electron chi connectivity index (χ4n) is 4.90. The number of fused-ring (bicyclic) bond motifs is 1. The minimum absolute atomic E-state index is 0.0116. The van der Waals surface area contributed by atoms with E-state index < -0.39 is 0 Å². The summed E-state index contributed by atoms with van der Waals surface area (Å²) < 4.78 is 5.39. The Hall–Kier alpha value is -4.19. The molecule has 1 aromatic heterocycles. The van der Waals surface area contributed by atoms with E-state index in [0.717, 1.165) is 46.3 Å². The number of carbonyl (C=O) groups excluding carboxylic acids is 2. The fraction of sp³-hybridized carbons (Fsp3) is 0.258. The molecule has 1 aliphatic heterocycles. The van der Waals surface area contributed by atoms with Gasteiger partial charge in [-0.15, -0.1) is 0 Å². The molecular formula is C31H31N3O3. The minimum atomic E-state index is -0.106. The summed E-state index contributed by atoms with van der Waals surface area (Å²) >= 11 is 0. The van der Waals surface area contributed by atoms with E-state index in [4.69, 9.17) is 9.72 Å². The van der Waals surface area contributed by atoms with Crippen LogP contribution in [0.3, 0.4) is 0 Å². The van der Waals surface area contributed by atoms with Crippen molar-refractivity contribution in [3.05, 3.63) is 95.6 Å². The first-order valence-corrected chi connectivity index (χ1v) is 12.7. The topological polar surface area (TPSA) is 71.5 Å². The predicted molar refractivity (Wildman–Crippen MR) is 146 cm³/mol. The van der Waals surface area contributed by atoms with E-state index in [1.165, 1.54) is 5.56 Å². The molecule has 0 aliphatic carbocycles. The zero-order chi connectivity index (χ0) is 25.8. The average Bonchev–Trinajstić information content (AvgIpc) is 2.93. The minimum Gasteiger partial charge on any atom is -0.496 e. The molecule has 1 aliphatic rings. The number of amides is 2. The van der Waals surface area contributed by atoms with Crippen molar-refractivity contribution in [2.24, 2.45) is 0 Å². The first-order chi connectivity index (χ1) is 18.0. The molecule has 0 atom stereocenters. The average molecular weight is 494 g/mol. The van der Waals surface area contributed by atoms with Crippen LogP contribution in [0.5, 0.6) is 5.75 Å². The van der Waals surface area contributed by atoms with Gasteiger partial charge in [-0.3, -0.25) is 9.59 Å². The molecule has 6 nitrogen and oxygen atoms in total. The summed E-state index contributed by atoms with van der Waals surface area (Å²) in [4.78, 5) is 33.0. The second kappa shape index (κ2) is 10.8. The molecule has 1 fully saturated rings. The van der Waals surface area contributed by atoms with E-state index in [-0.39, 0.29) is 17.9 Å². The van der Waals surface area contributed by atoms with Gasteiger partial charge in [-0.25, -0.2) is 4.98 Å². The molecule has 4 aromatic rings. The van der Waals surface area contributed by atoms with E-state index in [1.54, 1.807) is 7.11 Å². The number of methoxy groups -OCH3 is 1. The Morgan fingerprint density at radius 1 is 0.973 bits per heavy atom. The Labute approximate surface area is 217 Å². The molecule has 0 unspecified atom stereocenters. The molecule has 188 valence electrons. The number of likely N-dealkylation sites (tertiary alicyclic amines) is 1. The Kier molecular flexibility index (Phi) is 7.17. The van der Waals surface area contributed by atoms with Gasteiger partial charge in [0, 0.05) is 35.6 Å². The van der Waals surface area contributed by atoms with Crippen molar-refractivity contribution in [1.29, 1.82) is 0 Å². The Balaban J connectivity index is 1.27. The van der Waals surface area contributed by atoms with Crippen molar-refractivity contribution in [2.45, 2.75) is 32.2 Å². The number of hydrogen-bond donors (Lipinski definition) is 1. The molecule has 0 spiro atoms. The molecule has 2 heterocycles. The van der Waals surface area contributed by atoms with Gasteiger partial charge < -0.3 is 15.0 Å². The second-order valence-electron chi connectivity index (χ2n) is 9.56. The zero-order valence-electron chi connectivity index (χ0n) is 21.2. The van der Waals surface area contributed by atoms with Gasteiger partial charge in [0.2, 0.25) is 5.91 Å².